The molecule has 1 saturated carbocycles. The molecule has 3 nitrogen and oxygen atoms in total. The van der Waals surface area contributed by atoms with Gasteiger partial charge in [0.25, 0.3) is 5.91 Å². The van der Waals surface area contributed by atoms with Crippen molar-refractivity contribution in [3.8, 4) is 11.8 Å². The van der Waals surface area contributed by atoms with E-state index in [-0.39, 0.29) is 18.2 Å². The van der Waals surface area contributed by atoms with Crippen LogP contribution in [0.5, 0.6) is 0 Å². The van der Waals surface area contributed by atoms with E-state index in [2.05, 4.69) is 11.8 Å². The zero-order chi connectivity index (χ0) is 14.8. The second-order valence-corrected chi connectivity index (χ2v) is 5.35. The van der Waals surface area contributed by atoms with Crippen molar-refractivity contribution in [2.45, 2.75) is 25.1 Å². The molecule has 0 aromatic carbocycles. The average molecular weight is 303 g/mol. The molecule has 0 atom stereocenters. The Balaban J connectivity index is 2.13. The Bertz CT molecular complexity index is 552. The molecule has 20 heavy (non-hydrogen) atoms. The highest BCUT2D eigenvalue weighted by Crippen LogP contribution is 2.32. The number of aliphatic hydroxyl groups is 1. The summed E-state index contributed by atoms with van der Waals surface area (Å²) in [6, 6.07) is 1.15. The molecule has 1 aliphatic carbocycles. The predicted octanol–water partition coefficient (Wildman–Crippen LogP) is 2.26. The summed E-state index contributed by atoms with van der Waals surface area (Å²) in [5.41, 5.74) is 0.216. The predicted molar refractivity (Wildman–Crippen MR) is 68.4 cm³/mol. The molecule has 0 radical (unpaired) electrons. The molecule has 2 rings (SSSR count). The SMILES string of the molecule is O=C(c1csc(C#CCO)c1)N(CC(F)(F)F)C1CC1. The number of nitrogens with zero attached hydrogens (tertiary/aromatic N) is 1. The summed E-state index contributed by atoms with van der Waals surface area (Å²) in [5.74, 6) is 4.44. The van der Waals surface area contributed by atoms with Gasteiger partial charge >= 0.3 is 6.18 Å². The van der Waals surface area contributed by atoms with Gasteiger partial charge in [0.2, 0.25) is 0 Å². The van der Waals surface area contributed by atoms with Gasteiger partial charge in [-0.3, -0.25) is 4.79 Å². The zero-order valence-corrected chi connectivity index (χ0v) is 11.2. The van der Waals surface area contributed by atoms with Gasteiger partial charge in [-0.15, -0.1) is 11.3 Å². The zero-order valence-electron chi connectivity index (χ0n) is 10.4. The number of carbonyl (C=O) groups excluding carboxylic acids is 1. The normalized spacial score (nSPS) is 14.6. The second-order valence-electron chi connectivity index (χ2n) is 4.44. The van der Waals surface area contributed by atoms with Crippen LogP contribution in [-0.2, 0) is 0 Å². The molecule has 0 bridgehead atoms. The van der Waals surface area contributed by atoms with Crippen LogP contribution >= 0.6 is 11.3 Å². The van der Waals surface area contributed by atoms with Crippen LogP contribution in [0.2, 0.25) is 0 Å². The number of amides is 1. The van der Waals surface area contributed by atoms with Crippen LogP contribution in [0.1, 0.15) is 28.1 Å². The van der Waals surface area contributed by atoms with Gasteiger partial charge in [0.05, 0.1) is 10.4 Å². The fourth-order valence-electron chi connectivity index (χ4n) is 1.75. The summed E-state index contributed by atoms with van der Waals surface area (Å²) in [7, 11) is 0. The molecule has 1 amide bonds. The van der Waals surface area contributed by atoms with Crippen LogP contribution in [-0.4, -0.2) is 41.3 Å². The Hall–Kier alpha value is -1.52. The minimum atomic E-state index is -4.40. The first-order chi connectivity index (χ1) is 9.40. The summed E-state index contributed by atoms with van der Waals surface area (Å²) in [6.45, 7) is -1.52. The Labute approximate surface area is 118 Å². The van der Waals surface area contributed by atoms with Crippen LogP contribution in [0.3, 0.4) is 0 Å². The van der Waals surface area contributed by atoms with Gasteiger partial charge in [-0.2, -0.15) is 13.2 Å². The van der Waals surface area contributed by atoms with Gasteiger partial charge in [-0.05, 0) is 18.9 Å². The van der Waals surface area contributed by atoms with Gasteiger partial charge in [0.15, 0.2) is 0 Å². The van der Waals surface area contributed by atoms with E-state index in [0.717, 1.165) is 4.90 Å². The largest absolute Gasteiger partial charge is 0.406 e. The van der Waals surface area contributed by atoms with E-state index < -0.39 is 18.6 Å². The monoisotopic (exact) mass is 303 g/mol. The lowest BCUT2D eigenvalue weighted by Gasteiger charge is -2.23. The maximum absolute atomic E-state index is 12.5. The maximum atomic E-state index is 12.5. The molecule has 0 saturated heterocycles. The lowest BCUT2D eigenvalue weighted by molar-refractivity contribution is -0.141. The van der Waals surface area contributed by atoms with Gasteiger partial charge < -0.3 is 10.0 Å². The van der Waals surface area contributed by atoms with Crippen molar-refractivity contribution in [3.05, 3.63) is 21.9 Å². The van der Waals surface area contributed by atoms with Crippen LogP contribution in [0.15, 0.2) is 11.4 Å². The van der Waals surface area contributed by atoms with E-state index in [1.165, 1.54) is 22.8 Å². The lowest BCUT2D eigenvalue weighted by atomic mass is 10.2. The molecule has 1 aromatic heterocycles. The third-order valence-electron chi connectivity index (χ3n) is 2.74. The second kappa shape index (κ2) is 5.85. The Kier molecular flexibility index (Phi) is 4.35. The molecule has 1 fully saturated rings. The van der Waals surface area contributed by atoms with E-state index in [4.69, 9.17) is 5.11 Å². The van der Waals surface area contributed by atoms with Crippen molar-refractivity contribution in [1.29, 1.82) is 0 Å². The number of carbonyl (C=O) groups is 1. The molecular formula is C13H12F3NO2S. The van der Waals surface area contributed by atoms with E-state index in [1.54, 1.807) is 0 Å². The van der Waals surface area contributed by atoms with Crippen molar-refractivity contribution in [2.75, 3.05) is 13.2 Å². The number of aliphatic hydroxyl groups excluding tert-OH is 1. The quantitative estimate of drug-likeness (QED) is 0.870. The Morgan fingerprint density at radius 3 is 2.75 bits per heavy atom. The maximum Gasteiger partial charge on any atom is 0.406 e. The number of hydrogen-bond donors (Lipinski definition) is 1. The number of hydrogen-bond acceptors (Lipinski definition) is 3. The van der Waals surface area contributed by atoms with Crippen LogP contribution in [0, 0.1) is 11.8 Å². The molecule has 1 N–H and O–H groups in total. The third-order valence-corrected chi connectivity index (χ3v) is 3.58. The van der Waals surface area contributed by atoms with E-state index in [9.17, 15) is 18.0 Å². The lowest BCUT2D eigenvalue weighted by Crippen LogP contribution is -2.40. The fraction of sp³-hybridized carbons (Fsp3) is 0.462. The third kappa shape index (κ3) is 3.99. The smallest absolute Gasteiger partial charge is 0.384 e. The van der Waals surface area contributed by atoms with Crippen molar-refractivity contribution in [3.63, 3.8) is 0 Å². The van der Waals surface area contributed by atoms with E-state index >= 15 is 0 Å². The molecule has 7 heteroatoms. The van der Waals surface area contributed by atoms with E-state index in [0.29, 0.717) is 17.7 Å². The first-order valence-electron chi connectivity index (χ1n) is 5.96. The minimum Gasteiger partial charge on any atom is -0.384 e. The standard InChI is InChI=1S/C13H12F3NO2S/c14-13(15,16)8-17(10-3-4-10)12(19)9-6-11(20-7-9)2-1-5-18/h6-7,10,18H,3-5,8H2. The summed E-state index contributed by atoms with van der Waals surface area (Å²) in [4.78, 5) is 13.6. The first kappa shape index (κ1) is 14.9. The first-order valence-corrected chi connectivity index (χ1v) is 6.84. The molecule has 0 unspecified atom stereocenters. The molecular weight excluding hydrogens is 291 g/mol. The summed E-state index contributed by atoms with van der Waals surface area (Å²) < 4.78 is 37.5. The van der Waals surface area contributed by atoms with Crippen molar-refractivity contribution < 1.29 is 23.1 Å². The number of halogens is 3. The van der Waals surface area contributed by atoms with Crippen molar-refractivity contribution >= 4 is 17.2 Å². The molecule has 1 aliphatic rings. The van der Waals surface area contributed by atoms with Crippen LogP contribution < -0.4 is 0 Å². The average Bonchev–Trinajstić information content (AvgIpc) is 3.10. The molecule has 0 spiro atoms. The molecule has 1 aromatic rings. The van der Waals surface area contributed by atoms with Crippen LogP contribution in [0.4, 0.5) is 13.2 Å². The topological polar surface area (TPSA) is 40.5 Å². The highest BCUT2D eigenvalue weighted by molar-refractivity contribution is 7.10. The summed E-state index contributed by atoms with van der Waals surface area (Å²) in [6.07, 6.45) is -3.17. The van der Waals surface area contributed by atoms with Crippen LogP contribution in [0.25, 0.3) is 0 Å². The van der Waals surface area contributed by atoms with Gasteiger partial charge in [0.1, 0.15) is 13.2 Å². The van der Waals surface area contributed by atoms with E-state index in [1.807, 2.05) is 0 Å². The molecule has 0 aliphatic heterocycles. The van der Waals surface area contributed by atoms with Crippen molar-refractivity contribution in [2.24, 2.45) is 0 Å². The van der Waals surface area contributed by atoms with Crippen molar-refractivity contribution in [1.82, 2.24) is 4.90 Å². The highest BCUT2D eigenvalue weighted by Gasteiger charge is 2.41. The molecule has 1 heterocycles. The minimum absolute atomic E-state index is 0.216. The fourth-order valence-corrected chi connectivity index (χ4v) is 2.50. The Morgan fingerprint density at radius 1 is 1.50 bits per heavy atom. The summed E-state index contributed by atoms with van der Waals surface area (Å²) >= 11 is 1.17. The van der Waals surface area contributed by atoms with Gasteiger partial charge in [0, 0.05) is 11.4 Å². The number of rotatable bonds is 3. The number of thiophene rings is 1. The highest BCUT2D eigenvalue weighted by atomic mass is 32.1. The van der Waals surface area contributed by atoms with Gasteiger partial charge in [-0.25, -0.2) is 0 Å². The number of alkyl halides is 3. The molecule has 108 valence electrons. The summed E-state index contributed by atoms with van der Waals surface area (Å²) in [5, 5.41) is 10.1. The van der Waals surface area contributed by atoms with Gasteiger partial charge in [-0.1, -0.05) is 11.8 Å². The Morgan fingerprint density at radius 2 is 2.20 bits per heavy atom.